The first-order chi connectivity index (χ1) is 18.5. The van der Waals surface area contributed by atoms with E-state index >= 15 is 13.2 Å². The molecule has 0 heterocycles. The molecule has 0 aliphatic heterocycles. The van der Waals surface area contributed by atoms with Gasteiger partial charge in [0.05, 0.1) is 11.3 Å². The van der Waals surface area contributed by atoms with Gasteiger partial charge in [-0.3, -0.25) is 0 Å². The monoisotopic (exact) mass is 556 g/mol. The average Bonchev–Trinajstić information content (AvgIpc) is 2.91. The lowest BCUT2D eigenvalue weighted by atomic mass is 9.69. The molecule has 2 aliphatic rings. The van der Waals surface area contributed by atoms with Crippen molar-refractivity contribution in [3.63, 3.8) is 0 Å². The van der Waals surface area contributed by atoms with Gasteiger partial charge >= 0.3 is 6.11 Å². The molecule has 2 aliphatic carbocycles. The van der Waals surface area contributed by atoms with E-state index in [2.05, 4.69) is 6.92 Å². The van der Waals surface area contributed by atoms with Gasteiger partial charge in [0.2, 0.25) is 0 Å². The minimum atomic E-state index is -3.72. The third-order valence-electron chi connectivity index (χ3n) is 8.60. The summed E-state index contributed by atoms with van der Waals surface area (Å²) in [5, 5.41) is -1.20. The van der Waals surface area contributed by atoms with Crippen molar-refractivity contribution in [2.24, 2.45) is 23.7 Å². The zero-order valence-electron chi connectivity index (χ0n) is 21.3. The number of hydrogen-bond donors (Lipinski definition) is 0. The van der Waals surface area contributed by atoms with E-state index in [1.54, 1.807) is 0 Å². The molecule has 5 rings (SSSR count). The zero-order chi connectivity index (χ0) is 28.1. The normalized spacial score (nSPS) is 24.2. The number of fused-ring (bicyclic) bond motifs is 1. The van der Waals surface area contributed by atoms with Crippen LogP contribution < -0.4 is 4.74 Å². The van der Waals surface area contributed by atoms with Gasteiger partial charge in [-0.15, -0.1) is 0 Å². The van der Waals surface area contributed by atoms with Crippen LogP contribution in [0.25, 0.3) is 21.9 Å². The molecular formula is C30H28F8O. The maximum atomic E-state index is 15.2. The van der Waals surface area contributed by atoms with Crippen molar-refractivity contribution in [3.05, 3.63) is 65.2 Å². The van der Waals surface area contributed by atoms with E-state index in [-0.39, 0.29) is 18.2 Å². The highest BCUT2D eigenvalue weighted by Crippen LogP contribution is 2.46. The number of ether oxygens (including phenoxy) is 1. The van der Waals surface area contributed by atoms with Crippen molar-refractivity contribution < 1.29 is 39.9 Å². The van der Waals surface area contributed by atoms with Gasteiger partial charge in [-0.05, 0) is 91.5 Å². The van der Waals surface area contributed by atoms with E-state index < -0.39 is 69.2 Å². The van der Waals surface area contributed by atoms with Gasteiger partial charge in [0.1, 0.15) is 0 Å². The van der Waals surface area contributed by atoms with Crippen LogP contribution in [0.15, 0.2) is 30.3 Å². The lowest BCUT2D eigenvalue weighted by Crippen LogP contribution is -2.38. The fourth-order valence-corrected chi connectivity index (χ4v) is 6.28. The van der Waals surface area contributed by atoms with E-state index in [0.29, 0.717) is 42.7 Å². The number of rotatable bonds is 5. The van der Waals surface area contributed by atoms with Crippen molar-refractivity contribution in [2.75, 3.05) is 0 Å². The molecule has 0 radical (unpaired) electrons. The Kier molecular flexibility index (Phi) is 7.55. The third kappa shape index (κ3) is 5.33. The quantitative estimate of drug-likeness (QED) is 0.225. The predicted molar refractivity (Wildman–Crippen MR) is 131 cm³/mol. The first kappa shape index (κ1) is 27.7. The molecular weight excluding hydrogens is 528 g/mol. The fraction of sp³-hybridized carbons (Fsp3) is 0.467. The molecule has 0 atom stereocenters. The molecule has 0 amide bonds. The van der Waals surface area contributed by atoms with Crippen molar-refractivity contribution in [1.29, 1.82) is 0 Å². The van der Waals surface area contributed by atoms with Crippen molar-refractivity contribution in [1.82, 2.24) is 0 Å². The highest BCUT2D eigenvalue weighted by molar-refractivity contribution is 5.90. The van der Waals surface area contributed by atoms with Crippen LogP contribution in [-0.4, -0.2) is 6.11 Å². The van der Waals surface area contributed by atoms with Crippen LogP contribution in [0, 0.1) is 58.6 Å². The molecule has 0 saturated heterocycles. The summed E-state index contributed by atoms with van der Waals surface area (Å²) in [4.78, 5) is 0. The third-order valence-corrected chi connectivity index (χ3v) is 8.60. The van der Waals surface area contributed by atoms with Crippen LogP contribution in [0.4, 0.5) is 35.1 Å². The van der Waals surface area contributed by atoms with Crippen LogP contribution in [0.2, 0.25) is 0 Å². The van der Waals surface area contributed by atoms with Gasteiger partial charge in [-0.1, -0.05) is 25.8 Å². The summed E-state index contributed by atoms with van der Waals surface area (Å²) >= 11 is 0. The summed E-state index contributed by atoms with van der Waals surface area (Å²) in [7, 11) is 0. The Bertz CT molecular complexity index is 1350. The molecule has 3 aromatic carbocycles. The van der Waals surface area contributed by atoms with Gasteiger partial charge < -0.3 is 4.74 Å². The molecule has 0 bridgehead atoms. The van der Waals surface area contributed by atoms with Crippen molar-refractivity contribution >= 4 is 10.8 Å². The molecule has 0 N–H and O–H groups in total. The van der Waals surface area contributed by atoms with Crippen LogP contribution >= 0.6 is 0 Å². The second kappa shape index (κ2) is 10.6. The van der Waals surface area contributed by atoms with E-state index in [1.807, 2.05) is 0 Å². The zero-order valence-corrected chi connectivity index (χ0v) is 21.3. The lowest BCUT2D eigenvalue weighted by Gasteiger charge is -2.38. The SMILES string of the molecule is CC1CCC(C2CCC(C(F)(F)Oc3ccc4cc(-c5cc(F)c(F)c(F)c5)c(F)c(F)c4c3F)CC2)CC1. The molecule has 9 heteroatoms. The highest BCUT2D eigenvalue weighted by atomic mass is 19.3. The van der Waals surface area contributed by atoms with Crippen LogP contribution in [0.1, 0.15) is 58.3 Å². The molecule has 2 fully saturated rings. The largest absolute Gasteiger partial charge is 0.429 e. The second-order valence-corrected chi connectivity index (χ2v) is 11.1. The molecule has 39 heavy (non-hydrogen) atoms. The summed E-state index contributed by atoms with van der Waals surface area (Å²) in [6.07, 6.45) is 2.51. The molecule has 210 valence electrons. The van der Waals surface area contributed by atoms with E-state index in [9.17, 15) is 22.0 Å². The highest BCUT2D eigenvalue weighted by Gasteiger charge is 2.45. The summed E-state index contributed by atoms with van der Waals surface area (Å²) < 4.78 is 121. The summed E-state index contributed by atoms with van der Waals surface area (Å²) in [6.45, 7) is 2.23. The number of hydrogen-bond acceptors (Lipinski definition) is 1. The Balaban J connectivity index is 1.36. The van der Waals surface area contributed by atoms with E-state index in [4.69, 9.17) is 4.74 Å². The van der Waals surface area contributed by atoms with Gasteiger partial charge in [-0.25, -0.2) is 26.3 Å². The Labute approximate surface area is 221 Å². The molecule has 2 saturated carbocycles. The predicted octanol–water partition coefficient (Wildman–Crippen LogP) is 9.95. The number of alkyl halides is 2. The van der Waals surface area contributed by atoms with Crippen molar-refractivity contribution in [2.45, 2.75) is 64.4 Å². The van der Waals surface area contributed by atoms with Gasteiger partial charge in [0.25, 0.3) is 0 Å². The van der Waals surface area contributed by atoms with E-state index in [1.165, 1.54) is 0 Å². The van der Waals surface area contributed by atoms with Crippen LogP contribution in [0.5, 0.6) is 5.75 Å². The summed E-state index contributed by atoms with van der Waals surface area (Å²) in [6, 6.07) is 3.78. The van der Waals surface area contributed by atoms with Gasteiger partial charge in [0, 0.05) is 5.56 Å². The Morgan fingerprint density at radius 3 is 1.82 bits per heavy atom. The number of benzene rings is 3. The lowest BCUT2D eigenvalue weighted by molar-refractivity contribution is -0.225. The standard InChI is InChI=1S/C30H28F8O/c1-15-2-4-16(5-3-15)17-6-9-20(10-7-17)30(37,38)39-24-11-8-18-12-21(26(33)29(36)25(18)28(24)35)19-13-22(31)27(34)23(32)14-19/h8,11-17,20H,2-7,9-10H2,1H3. The topological polar surface area (TPSA) is 9.23 Å². The molecule has 0 aromatic heterocycles. The fourth-order valence-electron chi connectivity index (χ4n) is 6.28. The van der Waals surface area contributed by atoms with Crippen LogP contribution in [0.3, 0.4) is 0 Å². The Morgan fingerprint density at radius 2 is 1.23 bits per heavy atom. The minimum Gasteiger partial charge on any atom is -0.429 e. The van der Waals surface area contributed by atoms with Crippen LogP contribution in [-0.2, 0) is 0 Å². The Morgan fingerprint density at radius 1 is 0.667 bits per heavy atom. The Hall–Kier alpha value is -2.84. The molecule has 1 nitrogen and oxygen atoms in total. The maximum absolute atomic E-state index is 15.2. The summed E-state index contributed by atoms with van der Waals surface area (Å²) in [5.74, 6) is -10.4. The minimum absolute atomic E-state index is 0.218. The smallest absolute Gasteiger partial charge is 0.400 e. The molecule has 0 unspecified atom stereocenters. The van der Waals surface area contributed by atoms with Gasteiger partial charge in [-0.2, -0.15) is 8.78 Å². The summed E-state index contributed by atoms with van der Waals surface area (Å²) in [5.41, 5.74) is -1.17. The van der Waals surface area contributed by atoms with E-state index in [0.717, 1.165) is 43.9 Å². The average molecular weight is 557 g/mol. The second-order valence-electron chi connectivity index (χ2n) is 11.1. The molecule has 3 aromatic rings. The number of halogens is 8. The maximum Gasteiger partial charge on any atom is 0.400 e. The first-order valence-electron chi connectivity index (χ1n) is 13.3. The molecule has 0 spiro atoms. The van der Waals surface area contributed by atoms with Crippen molar-refractivity contribution in [3.8, 4) is 16.9 Å². The first-order valence-corrected chi connectivity index (χ1v) is 13.3. The van der Waals surface area contributed by atoms with Gasteiger partial charge in [0.15, 0.2) is 40.7 Å².